The monoisotopic (exact) mass is 732 g/mol. The number of carbonyl (C=O) groups excluding carboxylic acids is 2. The van der Waals surface area contributed by atoms with Gasteiger partial charge in [0.15, 0.2) is 28.8 Å². The first kappa shape index (κ1) is 34.7. The van der Waals surface area contributed by atoms with Gasteiger partial charge in [-0.05, 0) is 58.8 Å². The van der Waals surface area contributed by atoms with Crippen molar-refractivity contribution >= 4 is 61.9 Å². The lowest BCUT2D eigenvalue weighted by Crippen LogP contribution is -2.16. The Morgan fingerprint density at radius 2 is 1.33 bits per heavy atom. The number of ether oxygens (including phenoxy) is 5. The smallest absolute Gasteiger partial charge is 0.343 e. The van der Waals surface area contributed by atoms with Gasteiger partial charge in [-0.2, -0.15) is 0 Å². The van der Waals surface area contributed by atoms with Gasteiger partial charge in [-0.3, -0.25) is 14.6 Å². The molecule has 0 spiro atoms. The Bertz CT molecular complexity index is 2770. The van der Waals surface area contributed by atoms with Gasteiger partial charge in [0.25, 0.3) is 0 Å². The van der Waals surface area contributed by atoms with Gasteiger partial charge in [-0.15, -0.1) is 0 Å². The molecule has 2 aliphatic rings. The van der Waals surface area contributed by atoms with E-state index in [1.54, 1.807) is 55.5 Å². The van der Waals surface area contributed by atoms with E-state index in [4.69, 9.17) is 23.7 Å². The molecule has 55 heavy (non-hydrogen) atoms. The first-order valence-corrected chi connectivity index (χ1v) is 17.4. The molecule has 11 heteroatoms. The van der Waals surface area contributed by atoms with Crippen LogP contribution < -0.4 is 24.4 Å². The fraction of sp³-hybridized carbons (Fsp3) is 0.0909. The van der Waals surface area contributed by atoms with E-state index in [1.165, 1.54) is 12.4 Å². The Kier molecular flexibility index (Phi) is 9.40. The van der Waals surface area contributed by atoms with Crippen molar-refractivity contribution in [3.8, 4) is 23.0 Å². The van der Waals surface area contributed by atoms with Crippen LogP contribution in [0.25, 0.3) is 38.2 Å². The maximum atomic E-state index is 12.9. The molecule has 272 valence electrons. The molecule has 0 radical (unpaired) electrons. The van der Waals surface area contributed by atoms with Gasteiger partial charge in [-0.1, -0.05) is 72.8 Å². The molecule has 3 heterocycles. The number of nitrogens with one attached hydrogen (secondary N) is 1. The third kappa shape index (κ3) is 7.06. The van der Waals surface area contributed by atoms with Crippen LogP contribution in [0.2, 0.25) is 0 Å². The largest absolute Gasteiger partial charge is 0.506 e. The summed E-state index contributed by atoms with van der Waals surface area (Å²) >= 11 is 0. The number of carbonyl (C=O) groups is 2. The predicted octanol–water partition coefficient (Wildman–Crippen LogP) is 8.44. The van der Waals surface area contributed by atoms with Crippen molar-refractivity contribution in [1.29, 1.82) is 0 Å². The summed E-state index contributed by atoms with van der Waals surface area (Å²) in [6.45, 7) is 2.19. The van der Waals surface area contributed by atoms with Crippen LogP contribution in [0, 0.1) is 0 Å². The molecule has 0 unspecified atom stereocenters. The molecule has 0 saturated carbocycles. The van der Waals surface area contributed by atoms with Crippen LogP contribution >= 0.6 is 0 Å². The molecule has 11 nitrogen and oxygen atoms in total. The minimum atomic E-state index is -0.650. The van der Waals surface area contributed by atoms with Crippen LogP contribution in [0.4, 0.5) is 5.69 Å². The summed E-state index contributed by atoms with van der Waals surface area (Å²) < 4.78 is 26.4. The highest BCUT2D eigenvalue weighted by atomic mass is 16.7. The molecule has 0 fully saturated rings. The molecule has 0 atom stereocenters. The average Bonchev–Trinajstić information content (AvgIpc) is 3.89. The molecule has 0 bridgehead atoms. The summed E-state index contributed by atoms with van der Waals surface area (Å²) in [5.41, 5.74) is 1.90. The number of fused-ring (bicyclic) bond motifs is 5. The van der Waals surface area contributed by atoms with E-state index in [1.807, 2.05) is 66.7 Å². The van der Waals surface area contributed by atoms with Gasteiger partial charge in [0.2, 0.25) is 19.0 Å². The van der Waals surface area contributed by atoms with Gasteiger partial charge in [-0.25, -0.2) is 4.79 Å². The number of ketones is 1. The molecule has 6 aromatic carbocycles. The minimum Gasteiger partial charge on any atom is -0.506 e. The molecule has 0 aliphatic carbocycles. The molecular weight excluding hydrogens is 700 g/mol. The number of benzene rings is 6. The number of aromatic nitrogens is 1. The maximum absolute atomic E-state index is 12.9. The van der Waals surface area contributed by atoms with Gasteiger partial charge < -0.3 is 33.8 Å². The van der Waals surface area contributed by atoms with Gasteiger partial charge in [0, 0.05) is 35.7 Å². The standard InChI is InChI=1S/C23H19NO5.C21H13NO4/c1-2-27-23(26)19(13-24-18-9-10-20-21(12-18)29-14-28-20)22(25)17-8-7-15-5-3-4-6-16(15)11-17;23-20(14-6-5-12-3-1-2-4-13(12)7-14)16-10-22-17-9-19-18(25-11-26-19)8-15(17)21(16)24/h3-13,25H,2,14H2,1H3;1-10H,11H2,(H,22,24). The number of pyridine rings is 1. The number of rotatable bonds is 7. The first-order chi connectivity index (χ1) is 26.9. The number of H-pyrrole nitrogens is 1. The summed E-state index contributed by atoms with van der Waals surface area (Å²) in [4.78, 5) is 45.6. The van der Waals surface area contributed by atoms with E-state index in [0.717, 1.165) is 21.5 Å². The highest BCUT2D eigenvalue weighted by Crippen LogP contribution is 2.36. The van der Waals surface area contributed by atoms with Gasteiger partial charge in [0.1, 0.15) is 11.3 Å². The highest BCUT2D eigenvalue weighted by Gasteiger charge is 2.21. The number of hydrogen-bond donors (Lipinski definition) is 2. The third-order valence-electron chi connectivity index (χ3n) is 9.10. The fourth-order valence-electron chi connectivity index (χ4n) is 6.28. The van der Waals surface area contributed by atoms with Crippen molar-refractivity contribution in [1.82, 2.24) is 4.98 Å². The Labute approximate surface area is 313 Å². The summed E-state index contributed by atoms with van der Waals surface area (Å²) in [7, 11) is 0. The van der Waals surface area contributed by atoms with E-state index in [2.05, 4.69) is 9.98 Å². The zero-order chi connectivity index (χ0) is 37.9. The lowest BCUT2D eigenvalue weighted by molar-refractivity contribution is -0.137. The van der Waals surface area contributed by atoms with Crippen molar-refractivity contribution in [2.45, 2.75) is 6.92 Å². The number of aliphatic hydroxyl groups is 1. The Morgan fingerprint density at radius 1 is 0.727 bits per heavy atom. The fourth-order valence-corrected chi connectivity index (χ4v) is 6.28. The van der Waals surface area contributed by atoms with Gasteiger partial charge in [0.05, 0.1) is 28.8 Å². The predicted molar refractivity (Wildman–Crippen MR) is 209 cm³/mol. The van der Waals surface area contributed by atoms with Crippen molar-refractivity contribution in [2.75, 3.05) is 20.2 Å². The molecule has 2 aliphatic heterocycles. The molecule has 2 N–H and O–H groups in total. The summed E-state index contributed by atoms with van der Waals surface area (Å²) in [6.07, 6.45) is 2.77. The van der Waals surface area contributed by atoms with Crippen molar-refractivity contribution in [2.24, 2.45) is 4.99 Å². The Balaban J connectivity index is 0.000000156. The molecule has 0 amide bonds. The topological polar surface area (TPSA) is 146 Å². The van der Waals surface area contributed by atoms with E-state index in [0.29, 0.717) is 50.7 Å². The lowest BCUT2D eigenvalue weighted by atomic mass is 9.99. The van der Waals surface area contributed by atoms with E-state index in [-0.39, 0.29) is 48.3 Å². The Hall–Kier alpha value is -7.40. The zero-order valence-corrected chi connectivity index (χ0v) is 29.4. The number of aromatic amines is 1. The van der Waals surface area contributed by atoms with Crippen molar-refractivity contribution in [3.63, 3.8) is 0 Å². The molecule has 0 saturated heterocycles. The first-order valence-electron chi connectivity index (χ1n) is 17.4. The van der Waals surface area contributed by atoms with Crippen LogP contribution in [-0.2, 0) is 9.53 Å². The summed E-state index contributed by atoms with van der Waals surface area (Å²) in [5, 5.41) is 15.2. The lowest BCUT2D eigenvalue weighted by Gasteiger charge is -2.08. The third-order valence-corrected chi connectivity index (χ3v) is 9.10. The van der Waals surface area contributed by atoms with Crippen LogP contribution in [0.5, 0.6) is 23.0 Å². The van der Waals surface area contributed by atoms with Crippen LogP contribution in [0.15, 0.2) is 137 Å². The average molecular weight is 733 g/mol. The zero-order valence-electron chi connectivity index (χ0n) is 29.4. The minimum absolute atomic E-state index is 0.0280. The maximum Gasteiger partial charge on any atom is 0.343 e. The number of aliphatic hydroxyl groups excluding tert-OH is 1. The molecule has 9 rings (SSSR count). The van der Waals surface area contributed by atoms with E-state index < -0.39 is 5.97 Å². The van der Waals surface area contributed by atoms with Crippen LogP contribution in [0.1, 0.15) is 28.4 Å². The van der Waals surface area contributed by atoms with E-state index in [9.17, 15) is 19.5 Å². The van der Waals surface area contributed by atoms with Crippen molar-refractivity contribution < 1.29 is 38.4 Å². The second-order valence-corrected chi connectivity index (χ2v) is 12.5. The molecular formula is C44H32N2O9. The van der Waals surface area contributed by atoms with Crippen LogP contribution in [0.3, 0.4) is 0 Å². The normalized spacial score (nSPS) is 13.1. The van der Waals surface area contributed by atoms with Gasteiger partial charge >= 0.3 is 5.97 Å². The second kappa shape index (κ2) is 14.9. The van der Waals surface area contributed by atoms with Crippen LogP contribution in [-0.4, -0.2) is 48.3 Å². The number of nitrogens with zero attached hydrogens (tertiary/aromatic N) is 1. The number of esters is 1. The van der Waals surface area contributed by atoms with E-state index >= 15 is 0 Å². The number of hydrogen-bond acceptors (Lipinski definition) is 10. The number of aliphatic imine (C=N–C) groups is 1. The molecule has 7 aromatic rings. The summed E-state index contributed by atoms with van der Waals surface area (Å²) in [5.74, 6) is 1.17. The molecule has 1 aromatic heterocycles. The quantitative estimate of drug-likeness (QED) is 0.0542. The second-order valence-electron chi connectivity index (χ2n) is 12.5. The van der Waals surface area contributed by atoms with Crippen molar-refractivity contribution in [3.05, 3.63) is 154 Å². The Morgan fingerprint density at radius 3 is 2.02 bits per heavy atom. The highest BCUT2D eigenvalue weighted by molar-refractivity contribution is 6.16. The summed E-state index contributed by atoms with van der Waals surface area (Å²) in [6, 6.07) is 35.0. The SMILES string of the molecule is CCOC(=O)C(C=Nc1ccc2c(c1)OCO2)=C(O)c1ccc2ccccc2c1.O=C(c1ccc2ccccc2c1)c1c[nH]c2cc3c(cc2c1=O)OCO3.